The maximum absolute atomic E-state index is 14.0. The number of fused-ring (bicyclic) bond motifs is 2. The minimum Gasteiger partial charge on any atom is -0.483 e. The number of anilines is 2. The fraction of sp³-hybridized carbons (Fsp3) is 0.172. The minimum absolute atomic E-state index is 0.292. The number of amides is 3. The van der Waals surface area contributed by atoms with Gasteiger partial charge in [-0.05, 0) is 61.5 Å². The van der Waals surface area contributed by atoms with Gasteiger partial charge in [0.2, 0.25) is 11.8 Å². The summed E-state index contributed by atoms with van der Waals surface area (Å²) in [6.07, 6.45) is 0. The van der Waals surface area contributed by atoms with Gasteiger partial charge in [-0.1, -0.05) is 68.3 Å². The Morgan fingerprint density at radius 3 is 2.51 bits per heavy atom. The van der Waals surface area contributed by atoms with Gasteiger partial charge in [0.05, 0.1) is 16.6 Å². The molecule has 12 heteroatoms. The highest BCUT2D eigenvalue weighted by Gasteiger charge is 2.56. The van der Waals surface area contributed by atoms with Crippen LogP contribution in [-0.2, 0) is 14.4 Å². The Bertz CT molecular complexity index is 1740. The number of thiazole rings is 1. The van der Waals surface area contributed by atoms with E-state index in [2.05, 4.69) is 26.2 Å². The molecule has 1 fully saturated rings. The molecule has 2 unspecified atom stereocenters. The molecular weight excluding hydrogens is 650 g/mol. The predicted molar refractivity (Wildman–Crippen MR) is 163 cm³/mol. The van der Waals surface area contributed by atoms with Crippen molar-refractivity contribution < 1.29 is 19.1 Å². The molecule has 2 aliphatic heterocycles. The van der Waals surface area contributed by atoms with Crippen LogP contribution in [0, 0.1) is 12.8 Å². The lowest BCUT2D eigenvalue weighted by Crippen LogP contribution is -2.32. The van der Waals surface area contributed by atoms with E-state index in [1.165, 1.54) is 16.7 Å². The van der Waals surface area contributed by atoms with Gasteiger partial charge in [0, 0.05) is 31.5 Å². The lowest BCUT2D eigenvalue weighted by molar-refractivity contribution is -0.122. The first-order chi connectivity index (χ1) is 19.7. The van der Waals surface area contributed by atoms with Crippen molar-refractivity contribution in [1.82, 2.24) is 4.98 Å². The summed E-state index contributed by atoms with van der Waals surface area (Å²) >= 11 is 12.0. The first-order valence-corrected chi connectivity index (χ1v) is 15.4. The highest BCUT2D eigenvalue weighted by Crippen LogP contribution is 2.54. The molecule has 1 saturated heterocycles. The number of carbonyl (C=O) groups is 3. The molecule has 0 aliphatic carbocycles. The van der Waals surface area contributed by atoms with Crippen LogP contribution in [0.15, 0.2) is 81.0 Å². The third-order valence-electron chi connectivity index (χ3n) is 6.91. The van der Waals surface area contributed by atoms with Crippen molar-refractivity contribution in [3.8, 4) is 5.75 Å². The Balaban J connectivity index is 1.36. The average Bonchev–Trinajstić information content (AvgIpc) is 3.44. The zero-order chi connectivity index (χ0) is 28.8. The van der Waals surface area contributed by atoms with E-state index in [0.717, 1.165) is 21.4 Å². The van der Waals surface area contributed by atoms with Crippen LogP contribution in [-0.4, -0.2) is 34.6 Å². The summed E-state index contributed by atoms with van der Waals surface area (Å²) < 4.78 is 6.80. The quantitative estimate of drug-likeness (QED) is 0.245. The lowest BCUT2D eigenvalue weighted by Gasteiger charge is -2.31. The van der Waals surface area contributed by atoms with Crippen molar-refractivity contribution in [2.24, 2.45) is 5.92 Å². The van der Waals surface area contributed by atoms with Crippen molar-refractivity contribution in [3.63, 3.8) is 0 Å². The number of nitrogens with zero attached hydrogens (tertiary/aromatic N) is 1. The van der Waals surface area contributed by atoms with Crippen LogP contribution in [0.1, 0.15) is 21.9 Å². The van der Waals surface area contributed by atoms with Gasteiger partial charge in [0.25, 0.3) is 5.91 Å². The molecule has 3 atom stereocenters. The van der Waals surface area contributed by atoms with E-state index in [0.29, 0.717) is 37.6 Å². The second-order valence-corrected chi connectivity index (χ2v) is 13.1. The first kappa shape index (κ1) is 27.8. The Labute approximate surface area is 256 Å². The fourth-order valence-corrected chi connectivity index (χ4v) is 8.02. The summed E-state index contributed by atoms with van der Waals surface area (Å²) in [7, 11) is 0. The second-order valence-electron chi connectivity index (χ2n) is 9.62. The number of hydrogen-bond donors (Lipinski definition) is 2. The van der Waals surface area contributed by atoms with Gasteiger partial charge < -0.3 is 15.0 Å². The number of rotatable bonds is 6. The van der Waals surface area contributed by atoms with E-state index >= 15 is 0 Å². The number of aromatic amines is 1. The lowest BCUT2D eigenvalue weighted by atomic mass is 9.82. The average molecular weight is 671 g/mol. The maximum atomic E-state index is 14.0. The molecular formula is C29H21BrClN3O5S2. The maximum Gasteiger partial charge on any atom is 0.305 e. The van der Waals surface area contributed by atoms with Crippen LogP contribution >= 0.6 is 50.6 Å². The molecule has 1 aromatic heterocycles. The molecule has 3 amide bonds. The number of nitrogens with one attached hydrogen (secondary N) is 2. The first-order valence-electron chi connectivity index (χ1n) is 12.5. The number of hydrogen-bond acceptors (Lipinski definition) is 7. The van der Waals surface area contributed by atoms with E-state index in [1.807, 2.05) is 19.1 Å². The number of ether oxygens (including phenoxy) is 1. The molecule has 0 spiro atoms. The molecule has 6 rings (SSSR count). The van der Waals surface area contributed by atoms with Crippen molar-refractivity contribution in [3.05, 3.63) is 102 Å². The molecule has 2 aliphatic rings. The topological polar surface area (TPSA) is 109 Å². The molecule has 0 radical (unpaired) electrons. The Morgan fingerprint density at radius 2 is 1.78 bits per heavy atom. The molecule has 3 heterocycles. The van der Waals surface area contributed by atoms with E-state index in [1.54, 1.807) is 54.6 Å². The van der Waals surface area contributed by atoms with E-state index < -0.39 is 17.1 Å². The van der Waals surface area contributed by atoms with Crippen LogP contribution in [0.4, 0.5) is 11.4 Å². The smallest absolute Gasteiger partial charge is 0.305 e. The van der Waals surface area contributed by atoms with Crippen LogP contribution in [0.2, 0.25) is 5.02 Å². The number of benzene rings is 3. The van der Waals surface area contributed by atoms with Gasteiger partial charge in [-0.2, -0.15) is 0 Å². The van der Waals surface area contributed by atoms with Crippen molar-refractivity contribution in [1.29, 1.82) is 0 Å². The number of imide groups is 1. The second kappa shape index (κ2) is 11.1. The van der Waals surface area contributed by atoms with Gasteiger partial charge in [0.15, 0.2) is 6.61 Å². The third-order valence-corrected chi connectivity index (χ3v) is 10.1. The SMILES string of the molecule is Cc1ccc(NC(=O)COc2ccc(Cl)cc2[C@H]2c3sc(=O)[nH]c3SC3C(=O)N(c4ccc(Br)cc4)C(=O)C32)cc1. The Kier molecular flexibility index (Phi) is 7.54. The Morgan fingerprint density at radius 1 is 1.05 bits per heavy atom. The largest absolute Gasteiger partial charge is 0.483 e. The van der Waals surface area contributed by atoms with Crippen LogP contribution < -0.4 is 19.8 Å². The number of thioether (sulfide) groups is 1. The summed E-state index contributed by atoms with van der Waals surface area (Å²) in [4.78, 5) is 57.2. The summed E-state index contributed by atoms with van der Waals surface area (Å²) in [5.74, 6) is -2.31. The zero-order valence-electron chi connectivity index (χ0n) is 21.4. The highest BCUT2D eigenvalue weighted by molar-refractivity contribution is 9.10. The van der Waals surface area contributed by atoms with E-state index in [4.69, 9.17) is 16.3 Å². The minimum atomic E-state index is -0.822. The van der Waals surface area contributed by atoms with Crippen molar-refractivity contribution in [2.75, 3.05) is 16.8 Å². The summed E-state index contributed by atoms with van der Waals surface area (Å²) in [6.45, 7) is 1.66. The molecule has 8 nitrogen and oxygen atoms in total. The molecule has 0 saturated carbocycles. The van der Waals surface area contributed by atoms with Crippen LogP contribution in [0.3, 0.4) is 0 Å². The van der Waals surface area contributed by atoms with Gasteiger partial charge in [0.1, 0.15) is 11.0 Å². The van der Waals surface area contributed by atoms with Gasteiger partial charge in [-0.3, -0.25) is 19.2 Å². The van der Waals surface area contributed by atoms with E-state index in [9.17, 15) is 19.2 Å². The predicted octanol–water partition coefficient (Wildman–Crippen LogP) is 5.97. The van der Waals surface area contributed by atoms with Gasteiger partial charge in [-0.25, -0.2) is 4.90 Å². The standard InChI is InChI=1S/C29H21BrClN3O5S2/c1-14-2-7-17(8-3-14)32-21(35)13-39-20-11-6-16(31)12-19(20)22-23-25(40-26-24(22)41-29(38)33-26)28(37)34(27(23)36)18-9-4-15(30)5-10-18/h2-12,22-23,25H,13H2,1H3,(H,32,35)(H,33,38)/t22-,23?,25?/m1/s1. The van der Waals surface area contributed by atoms with Crippen LogP contribution in [0.25, 0.3) is 0 Å². The van der Waals surface area contributed by atoms with Crippen molar-refractivity contribution in [2.45, 2.75) is 23.1 Å². The highest BCUT2D eigenvalue weighted by atomic mass is 79.9. The summed E-state index contributed by atoms with van der Waals surface area (Å²) in [6, 6.07) is 19.3. The molecule has 208 valence electrons. The summed E-state index contributed by atoms with van der Waals surface area (Å²) in [5.41, 5.74) is 2.69. The third kappa shape index (κ3) is 5.34. The van der Waals surface area contributed by atoms with E-state index in [-0.39, 0.29) is 29.2 Å². The molecule has 41 heavy (non-hydrogen) atoms. The van der Waals surface area contributed by atoms with Gasteiger partial charge in [-0.15, -0.1) is 0 Å². The summed E-state index contributed by atoms with van der Waals surface area (Å²) in [5, 5.41) is 2.95. The number of H-pyrrole nitrogens is 1. The molecule has 0 bridgehead atoms. The van der Waals surface area contributed by atoms with Gasteiger partial charge >= 0.3 is 4.87 Å². The number of halogens is 2. The number of carbonyl (C=O) groups excluding carboxylic acids is 3. The molecule has 3 aromatic carbocycles. The van der Waals surface area contributed by atoms with Crippen molar-refractivity contribution >= 4 is 79.7 Å². The van der Waals surface area contributed by atoms with Crippen LogP contribution in [0.5, 0.6) is 5.75 Å². The normalized spacial score (nSPS) is 19.6. The fourth-order valence-electron chi connectivity index (χ4n) is 5.07. The number of aromatic nitrogens is 1. The number of aryl methyl sites for hydroxylation is 1. The molecule has 2 N–H and O–H groups in total. The Hall–Kier alpha value is -3.38. The molecule has 4 aromatic rings. The zero-order valence-corrected chi connectivity index (χ0v) is 25.3. The monoisotopic (exact) mass is 669 g/mol.